The highest BCUT2D eigenvalue weighted by Crippen LogP contribution is 2.28. The molecule has 2 heterocycles. The van der Waals surface area contributed by atoms with E-state index in [1.54, 1.807) is 0 Å². The van der Waals surface area contributed by atoms with Gasteiger partial charge in [0.1, 0.15) is 22.7 Å². The first kappa shape index (κ1) is 20.0. The Kier molecular flexibility index (Phi) is 5.25. The summed E-state index contributed by atoms with van der Waals surface area (Å²) in [6.07, 6.45) is 4.21. The number of pyridine rings is 1. The molecule has 0 amide bonds. The van der Waals surface area contributed by atoms with Gasteiger partial charge < -0.3 is 9.47 Å². The normalized spacial score (nSPS) is 11.8. The third-order valence-corrected chi connectivity index (χ3v) is 4.64. The van der Waals surface area contributed by atoms with Crippen LogP contribution in [-0.2, 0) is 0 Å². The molecular weight excluding hydrogens is 372 g/mol. The summed E-state index contributed by atoms with van der Waals surface area (Å²) in [6, 6.07) is 20.5. The van der Waals surface area contributed by atoms with Crippen molar-refractivity contribution in [2.24, 2.45) is 0 Å². The van der Waals surface area contributed by atoms with E-state index in [0.29, 0.717) is 0 Å². The average molecular weight is 401 g/mol. The van der Waals surface area contributed by atoms with Crippen molar-refractivity contribution in [3.63, 3.8) is 0 Å². The molecule has 4 heteroatoms. The highest BCUT2D eigenvalue weighted by Gasteiger charge is 2.12. The van der Waals surface area contributed by atoms with Gasteiger partial charge in [-0.1, -0.05) is 12.1 Å². The average Bonchev–Trinajstić information content (AvgIpc) is 3.11. The number of hydrogen-bond acceptors (Lipinski definition) is 3. The predicted molar refractivity (Wildman–Crippen MR) is 122 cm³/mol. The minimum absolute atomic E-state index is 0.161. The van der Waals surface area contributed by atoms with Gasteiger partial charge in [-0.15, -0.1) is 0 Å². The van der Waals surface area contributed by atoms with Crippen LogP contribution in [0.1, 0.15) is 34.6 Å². The molecule has 0 aliphatic heterocycles. The highest BCUT2D eigenvalue weighted by molar-refractivity contribution is 5.69. The number of rotatable bonds is 5. The molecule has 0 bridgehead atoms. The largest absolute Gasteiger partial charge is 0.491 e. The molecule has 0 N–H and O–H groups in total. The van der Waals surface area contributed by atoms with Gasteiger partial charge in [0.15, 0.2) is 0 Å². The Balaban J connectivity index is 1.65. The summed E-state index contributed by atoms with van der Waals surface area (Å²) in [5.74, 6) is 1.75. The first-order valence-corrected chi connectivity index (χ1v) is 10.3. The molecule has 0 aliphatic carbocycles. The van der Waals surface area contributed by atoms with Gasteiger partial charge in [0, 0.05) is 11.8 Å². The van der Waals surface area contributed by atoms with E-state index in [0.717, 1.165) is 39.5 Å². The van der Waals surface area contributed by atoms with E-state index in [2.05, 4.69) is 72.8 Å². The monoisotopic (exact) mass is 400 g/mol. The van der Waals surface area contributed by atoms with E-state index < -0.39 is 0 Å². The molecule has 4 rings (SSSR count). The Morgan fingerprint density at radius 2 is 1.37 bits per heavy atom. The molecule has 30 heavy (non-hydrogen) atoms. The van der Waals surface area contributed by atoms with Gasteiger partial charge in [0.05, 0.1) is 18.0 Å². The number of ether oxygens (including phenoxy) is 2. The van der Waals surface area contributed by atoms with Gasteiger partial charge in [-0.25, -0.2) is 4.98 Å². The molecule has 4 nitrogen and oxygen atoms in total. The number of hydrogen-bond donors (Lipinski definition) is 0. The first-order valence-electron chi connectivity index (χ1n) is 10.3. The lowest BCUT2D eigenvalue weighted by Crippen LogP contribution is -2.22. The zero-order valence-corrected chi connectivity index (χ0v) is 18.2. The maximum absolute atomic E-state index is 5.94. The summed E-state index contributed by atoms with van der Waals surface area (Å²) in [6.45, 7) is 10.2. The van der Waals surface area contributed by atoms with E-state index in [-0.39, 0.29) is 11.7 Å². The van der Waals surface area contributed by atoms with Crippen LogP contribution in [-0.4, -0.2) is 21.1 Å². The number of aromatic nitrogens is 2. The fraction of sp³-hybridized carbons (Fsp3) is 0.269. The number of nitrogens with zero attached hydrogens (tertiary/aromatic N) is 2. The summed E-state index contributed by atoms with van der Waals surface area (Å²) in [5.41, 5.74) is 5.13. The summed E-state index contributed by atoms with van der Waals surface area (Å²) in [4.78, 5) is 4.57. The van der Waals surface area contributed by atoms with Crippen LogP contribution in [0.4, 0.5) is 0 Å². The van der Waals surface area contributed by atoms with Crippen LogP contribution in [0.5, 0.6) is 11.5 Å². The van der Waals surface area contributed by atoms with Crippen molar-refractivity contribution >= 4 is 5.65 Å². The van der Waals surface area contributed by atoms with Crippen molar-refractivity contribution in [2.45, 2.75) is 46.3 Å². The Hall–Kier alpha value is -3.27. The molecule has 2 aromatic heterocycles. The van der Waals surface area contributed by atoms with Gasteiger partial charge in [-0.3, -0.25) is 4.40 Å². The Labute approximate surface area is 178 Å². The zero-order valence-electron chi connectivity index (χ0n) is 18.2. The number of fused-ring (bicyclic) bond motifs is 1. The Bertz CT molecular complexity index is 1130. The van der Waals surface area contributed by atoms with Crippen LogP contribution in [0.15, 0.2) is 73.1 Å². The molecule has 0 atom stereocenters. The second kappa shape index (κ2) is 7.86. The van der Waals surface area contributed by atoms with Crippen molar-refractivity contribution in [2.75, 3.05) is 0 Å². The van der Waals surface area contributed by atoms with Gasteiger partial charge in [-0.2, -0.15) is 0 Å². The third-order valence-electron chi connectivity index (χ3n) is 4.64. The molecular formula is C26H28N2O2. The van der Waals surface area contributed by atoms with E-state index in [1.807, 2.05) is 44.3 Å². The molecule has 0 saturated carbocycles. The SMILES string of the molecule is CC(C)Oc1ccc(-c2cnc3ccc(-c4ccc(OC(C)(C)C)cc4)cn23)cc1. The lowest BCUT2D eigenvalue weighted by Gasteiger charge is -2.21. The lowest BCUT2D eigenvalue weighted by atomic mass is 10.1. The Morgan fingerprint density at radius 3 is 2.00 bits per heavy atom. The molecule has 0 spiro atoms. The molecule has 0 radical (unpaired) electrons. The molecule has 0 aliphatic rings. The first-order chi connectivity index (χ1) is 14.3. The minimum atomic E-state index is -0.206. The third kappa shape index (κ3) is 4.48. The molecule has 4 aromatic rings. The van der Waals surface area contributed by atoms with Crippen LogP contribution in [0.25, 0.3) is 28.0 Å². The summed E-state index contributed by atoms with van der Waals surface area (Å²) in [7, 11) is 0. The summed E-state index contributed by atoms with van der Waals surface area (Å²) in [5, 5.41) is 0. The fourth-order valence-corrected chi connectivity index (χ4v) is 3.41. The summed E-state index contributed by atoms with van der Waals surface area (Å²) >= 11 is 0. The summed E-state index contributed by atoms with van der Waals surface area (Å²) < 4.78 is 13.8. The van der Waals surface area contributed by atoms with E-state index in [9.17, 15) is 0 Å². The van der Waals surface area contributed by atoms with Crippen LogP contribution < -0.4 is 9.47 Å². The second-order valence-electron chi connectivity index (χ2n) is 8.72. The van der Waals surface area contributed by atoms with Gasteiger partial charge in [-0.05, 0) is 94.3 Å². The zero-order chi connectivity index (χ0) is 21.3. The fourth-order valence-electron chi connectivity index (χ4n) is 3.41. The lowest BCUT2D eigenvalue weighted by molar-refractivity contribution is 0.131. The quantitative estimate of drug-likeness (QED) is 0.377. The maximum atomic E-state index is 5.94. The smallest absolute Gasteiger partial charge is 0.137 e. The van der Waals surface area contributed by atoms with Crippen LogP contribution in [0, 0.1) is 0 Å². The Morgan fingerprint density at radius 1 is 0.767 bits per heavy atom. The van der Waals surface area contributed by atoms with E-state index in [1.165, 1.54) is 0 Å². The van der Waals surface area contributed by atoms with Gasteiger partial charge >= 0.3 is 0 Å². The van der Waals surface area contributed by atoms with Gasteiger partial charge in [0.2, 0.25) is 0 Å². The molecule has 0 unspecified atom stereocenters. The maximum Gasteiger partial charge on any atom is 0.137 e. The highest BCUT2D eigenvalue weighted by atomic mass is 16.5. The molecule has 154 valence electrons. The van der Waals surface area contributed by atoms with Crippen LogP contribution >= 0.6 is 0 Å². The molecule has 0 fully saturated rings. The van der Waals surface area contributed by atoms with Crippen molar-refractivity contribution in [1.82, 2.24) is 9.38 Å². The van der Waals surface area contributed by atoms with E-state index >= 15 is 0 Å². The van der Waals surface area contributed by atoms with Crippen molar-refractivity contribution < 1.29 is 9.47 Å². The predicted octanol–water partition coefficient (Wildman–Crippen LogP) is 6.63. The van der Waals surface area contributed by atoms with Crippen molar-refractivity contribution in [3.8, 4) is 33.9 Å². The van der Waals surface area contributed by atoms with Crippen LogP contribution in [0.2, 0.25) is 0 Å². The molecule has 0 saturated heterocycles. The second-order valence-corrected chi connectivity index (χ2v) is 8.72. The van der Waals surface area contributed by atoms with Crippen molar-refractivity contribution in [3.05, 3.63) is 73.1 Å². The molecule has 2 aromatic carbocycles. The number of imidazole rings is 1. The van der Waals surface area contributed by atoms with Gasteiger partial charge in [0.25, 0.3) is 0 Å². The van der Waals surface area contributed by atoms with Crippen molar-refractivity contribution in [1.29, 1.82) is 0 Å². The topological polar surface area (TPSA) is 35.8 Å². The number of benzene rings is 2. The minimum Gasteiger partial charge on any atom is -0.491 e. The standard InChI is InChI=1S/C26H28N2O2/c1-18(2)29-22-11-8-20(9-12-22)24-16-27-25-15-10-21(17-28(24)25)19-6-13-23(14-7-19)30-26(3,4)5/h6-18H,1-5H3. The van der Waals surface area contributed by atoms with E-state index in [4.69, 9.17) is 9.47 Å². The van der Waals surface area contributed by atoms with Crippen LogP contribution in [0.3, 0.4) is 0 Å².